The van der Waals surface area contributed by atoms with E-state index in [-0.39, 0.29) is 40.0 Å². The van der Waals surface area contributed by atoms with Crippen molar-refractivity contribution in [2.24, 2.45) is 0 Å². The van der Waals surface area contributed by atoms with E-state index in [9.17, 15) is 24.3 Å². The predicted molar refractivity (Wildman–Crippen MR) is 128 cm³/mol. The number of ether oxygens (including phenoxy) is 2. The number of benzene rings is 2. The van der Waals surface area contributed by atoms with Gasteiger partial charge in [0.05, 0.1) is 17.9 Å². The molecule has 0 aromatic heterocycles. The molecule has 0 radical (unpaired) electrons. The van der Waals surface area contributed by atoms with Crippen molar-refractivity contribution in [3.8, 4) is 11.5 Å². The van der Waals surface area contributed by atoms with Crippen molar-refractivity contribution in [1.29, 1.82) is 0 Å². The summed E-state index contributed by atoms with van der Waals surface area (Å²) in [5, 5.41) is 20.3. The van der Waals surface area contributed by atoms with E-state index in [1.165, 1.54) is 42.5 Å². The van der Waals surface area contributed by atoms with Crippen LogP contribution < -0.4 is 19.7 Å². The minimum atomic E-state index is -1.19. The number of aliphatic carboxylic acids is 1. The molecular weight excluding hydrogens is 532 g/mol. The minimum Gasteiger partial charge on any atom is -0.490 e. The number of aromatic carboxylic acids is 1. The number of thiocarbonyl (C=S) groups is 1. The number of carbonyl (C=O) groups excluding carboxylic acids is 2. The molecule has 10 nitrogen and oxygen atoms in total. The molecule has 0 unspecified atom stereocenters. The zero-order valence-corrected chi connectivity index (χ0v) is 19.9. The van der Waals surface area contributed by atoms with Gasteiger partial charge in [-0.2, -0.15) is 0 Å². The Morgan fingerprint density at radius 1 is 1.15 bits per heavy atom. The van der Waals surface area contributed by atoms with Gasteiger partial charge in [0.1, 0.15) is 5.57 Å². The van der Waals surface area contributed by atoms with E-state index in [0.717, 1.165) is 4.90 Å². The first-order valence-electron chi connectivity index (χ1n) is 9.68. The first kappa shape index (κ1) is 24.9. The van der Waals surface area contributed by atoms with Crippen molar-refractivity contribution in [3.63, 3.8) is 0 Å². The fraction of sp³-hybridized carbons (Fsp3) is 0.136. The van der Waals surface area contributed by atoms with Crippen molar-refractivity contribution in [2.75, 3.05) is 18.1 Å². The van der Waals surface area contributed by atoms with Crippen LogP contribution in [0.2, 0.25) is 0 Å². The molecule has 1 aliphatic rings. The highest BCUT2D eigenvalue weighted by Gasteiger charge is 2.35. The summed E-state index contributed by atoms with van der Waals surface area (Å²) in [4.78, 5) is 49.0. The summed E-state index contributed by atoms with van der Waals surface area (Å²) >= 11 is 8.47. The summed E-state index contributed by atoms with van der Waals surface area (Å²) in [5.41, 5.74) is 0.220. The van der Waals surface area contributed by atoms with E-state index < -0.39 is 30.4 Å². The maximum absolute atomic E-state index is 13.2. The summed E-state index contributed by atoms with van der Waals surface area (Å²) in [6.07, 6.45) is 1.31. The van der Waals surface area contributed by atoms with Crippen molar-refractivity contribution in [2.45, 2.75) is 6.92 Å². The minimum absolute atomic E-state index is 0.0587. The van der Waals surface area contributed by atoms with Gasteiger partial charge in [-0.1, -0.05) is 22.0 Å². The normalized spacial score (nSPS) is 14.7. The monoisotopic (exact) mass is 548 g/mol. The van der Waals surface area contributed by atoms with Gasteiger partial charge >= 0.3 is 11.9 Å². The third kappa shape index (κ3) is 5.41. The molecule has 0 spiro atoms. The number of nitrogens with zero attached hydrogens (tertiary/aromatic N) is 1. The van der Waals surface area contributed by atoms with E-state index >= 15 is 0 Å². The number of hydrogen-bond acceptors (Lipinski definition) is 7. The summed E-state index contributed by atoms with van der Waals surface area (Å²) in [6.45, 7) is 1.39. The van der Waals surface area contributed by atoms with Gasteiger partial charge in [-0.3, -0.25) is 19.8 Å². The molecule has 2 amide bonds. The molecule has 2 aromatic carbocycles. The SMILES string of the molecule is CCOc1cc(C=C2C(=O)NC(=S)N(c3cccc(C(=O)O)c3)C2=O)c(Br)cc1OCC(=O)O. The zero-order chi connectivity index (χ0) is 25.0. The number of amides is 2. The van der Waals surface area contributed by atoms with Crippen molar-refractivity contribution < 1.29 is 38.9 Å². The molecule has 3 N–H and O–H groups in total. The van der Waals surface area contributed by atoms with Crippen LogP contribution in [0.25, 0.3) is 6.08 Å². The van der Waals surface area contributed by atoms with Crippen LogP contribution in [0, 0.1) is 0 Å². The fourth-order valence-corrected chi connectivity index (χ4v) is 3.73. The lowest BCUT2D eigenvalue weighted by Gasteiger charge is -2.29. The van der Waals surface area contributed by atoms with Gasteiger partial charge in [-0.05, 0) is 61.1 Å². The van der Waals surface area contributed by atoms with Crippen LogP contribution in [-0.4, -0.2) is 52.3 Å². The number of carbonyl (C=O) groups is 4. The number of anilines is 1. The van der Waals surface area contributed by atoms with Crippen molar-refractivity contribution in [1.82, 2.24) is 5.32 Å². The second-order valence-electron chi connectivity index (χ2n) is 6.75. The molecule has 2 aromatic rings. The Hall–Kier alpha value is -3.77. The molecular formula is C22H17BrN2O8S. The molecule has 176 valence electrons. The topological polar surface area (TPSA) is 142 Å². The van der Waals surface area contributed by atoms with Gasteiger partial charge in [0.2, 0.25) is 0 Å². The third-order valence-electron chi connectivity index (χ3n) is 4.47. The van der Waals surface area contributed by atoms with E-state index in [2.05, 4.69) is 21.2 Å². The Kier molecular flexibility index (Phi) is 7.64. The van der Waals surface area contributed by atoms with Crippen LogP contribution in [0.3, 0.4) is 0 Å². The smallest absolute Gasteiger partial charge is 0.341 e. The summed E-state index contributed by atoms with van der Waals surface area (Å²) < 4.78 is 11.2. The second-order valence-corrected chi connectivity index (χ2v) is 7.99. The van der Waals surface area contributed by atoms with Crippen LogP contribution in [0.1, 0.15) is 22.8 Å². The van der Waals surface area contributed by atoms with Gasteiger partial charge in [0.25, 0.3) is 11.8 Å². The molecule has 1 saturated heterocycles. The molecule has 12 heteroatoms. The molecule has 34 heavy (non-hydrogen) atoms. The highest BCUT2D eigenvalue weighted by Crippen LogP contribution is 2.35. The van der Waals surface area contributed by atoms with Crippen molar-refractivity contribution >= 4 is 68.8 Å². The maximum atomic E-state index is 13.2. The molecule has 1 heterocycles. The summed E-state index contributed by atoms with van der Waals surface area (Å²) in [5.74, 6) is -3.48. The molecule has 1 aliphatic heterocycles. The van der Waals surface area contributed by atoms with Crippen molar-refractivity contribution in [3.05, 3.63) is 57.6 Å². The van der Waals surface area contributed by atoms with Crippen LogP contribution in [0.15, 0.2) is 46.4 Å². The lowest BCUT2D eigenvalue weighted by atomic mass is 10.1. The molecule has 0 bridgehead atoms. The van der Waals surface area contributed by atoms with E-state index in [0.29, 0.717) is 10.0 Å². The van der Waals surface area contributed by atoms with Gasteiger partial charge in [0, 0.05) is 4.47 Å². The number of carboxylic acid groups (broad SMARTS) is 2. The number of halogens is 1. The Bertz CT molecular complexity index is 1240. The quantitative estimate of drug-likeness (QED) is 0.257. The number of rotatable bonds is 8. The Balaban J connectivity index is 2.03. The lowest BCUT2D eigenvalue weighted by Crippen LogP contribution is -2.54. The molecule has 0 atom stereocenters. The molecule has 0 aliphatic carbocycles. The fourth-order valence-electron chi connectivity index (χ4n) is 3.01. The largest absolute Gasteiger partial charge is 0.490 e. The van der Waals surface area contributed by atoms with Gasteiger partial charge < -0.3 is 19.7 Å². The van der Waals surface area contributed by atoms with Gasteiger partial charge in [0.15, 0.2) is 23.2 Å². The van der Waals surface area contributed by atoms with E-state index in [1.54, 1.807) is 6.92 Å². The zero-order valence-electron chi connectivity index (χ0n) is 17.5. The standard InChI is InChI=1S/C22H17BrN2O8S/c1-2-32-16-8-12(15(23)9-17(16)33-10-18(26)27)7-14-19(28)24-22(34)25(20(14)29)13-5-3-4-11(6-13)21(30)31/h3-9H,2,10H2,1H3,(H,26,27)(H,30,31)(H,24,28,34). The van der Waals surface area contributed by atoms with Crippen LogP contribution in [0.5, 0.6) is 11.5 Å². The molecule has 1 fully saturated rings. The van der Waals surface area contributed by atoms with Gasteiger partial charge in [-0.15, -0.1) is 0 Å². The third-order valence-corrected chi connectivity index (χ3v) is 5.44. The average molecular weight is 549 g/mol. The van der Waals surface area contributed by atoms with Crippen LogP contribution >= 0.6 is 28.1 Å². The highest BCUT2D eigenvalue weighted by molar-refractivity contribution is 9.10. The molecule has 3 rings (SSSR count). The lowest BCUT2D eigenvalue weighted by molar-refractivity contribution is -0.139. The number of nitrogens with one attached hydrogen (secondary N) is 1. The summed E-state index contributed by atoms with van der Waals surface area (Å²) in [7, 11) is 0. The van der Waals surface area contributed by atoms with Gasteiger partial charge in [-0.25, -0.2) is 9.59 Å². The highest BCUT2D eigenvalue weighted by atomic mass is 79.9. The predicted octanol–water partition coefficient (Wildman–Crippen LogP) is 2.84. The summed E-state index contributed by atoms with van der Waals surface area (Å²) in [6, 6.07) is 8.52. The first-order chi connectivity index (χ1) is 16.1. The number of carboxylic acids is 2. The van der Waals surface area contributed by atoms with Crippen LogP contribution in [0.4, 0.5) is 5.69 Å². The Labute approximate surface area is 206 Å². The second kappa shape index (κ2) is 10.4. The Morgan fingerprint density at radius 3 is 2.50 bits per heavy atom. The van der Waals surface area contributed by atoms with E-state index in [4.69, 9.17) is 26.8 Å². The molecule has 0 saturated carbocycles. The Morgan fingerprint density at radius 2 is 1.85 bits per heavy atom. The van der Waals surface area contributed by atoms with Crippen LogP contribution in [-0.2, 0) is 14.4 Å². The maximum Gasteiger partial charge on any atom is 0.341 e. The number of hydrogen-bond donors (Lipinski definition) is 3. The average Bonchev–Trinajstić information content (AvgIpc) is 2.77. The first-order valence-corrected chi connectivity index (χ1v) is 10.9. The van der Waals surface area contributed by atoms with E-state index in [1.807, 2.05) is 0 Å².